The molecule has 2 unspecified atom stereocenters. The van der Waals surface area contributed by atoms with Crippen LogP contribution in [0.1, 0.15) is 213 Å². The summed E-state index contributed by atoms with van der Waals surface area (Å²) in [6, 6.07) is 0. The zero-order valence-corrected chi connectivity index (χ0v) is 41.9. The van der Waals surface area contributed by atoms with Crippen LogP contribution in [0.25, 0.3) is 0 Å². The van der Waals surface area contributed by atoms with Crippen LogP contribution in [-0.4, -0.2) is 82.3 Å². The lowest BCUT2D eigenvalue weighted by Crippen LogP contribution is -2.44. The number of aliphatic carboxylic acids is 1. The maximum Gasteiger partial charge on any atom is 0.306 e. The molecule has 0 saturated heterocycles. The van der Waals surface area contributed by atoms with Crippen molar-refractivity contribution in [1.29, 1.82) is 0 Å². The van der Waals surface area contributed by atoms with Crippen molar-refractivity contribution in [2.45, 2.75) is 225 Å². The number of carboxylic acid groups (broad SMARTS) is 1. The van der Waals surface area contributed by atoms with Gasteiger partial charge in [-0.3, -0.25) is 9.59 Å². The Morgan fingerprint density at radius 2 is 0.891 bits per heavy atom. The number of unbranched alkanes of at least 4 members (excludes halogenated alkanes) is 22. The molecule has 0 aromatic carbocycles. The molecule has 0 aromatic heterocycles. The van der Waals surface area contributed by atoms with Crippen LogP contribution in [0, 0.1) is 0 Å². The topological polar surface area (TPSA) is 111 Å². The Bertz CT molecular complexity index is 1230. The molecule has 0 aromatic rings. The highest BCUT2D eigenvalue weighted by atomic mass is 16.7. The fourth-order valence-corrected chi connectivity index (χ4v) is 7.03. The monoisotopic (exact) mass is 900 g/mol. The fourth-order valence-electron chi connectivity index (χ4n) is 7.03. The third-order valence-corrected chi connectivity index (χ3v) is 11.0. The number of likely N-dealkylation sites (N-methyl/N-ethyl adjacent to an activating group) is 1. The van der Waals surface area contributed by atoms with Gasteiger partial charge in [-0.25, -0.2) is 0 Å². The van der Waals surface area contributed by atoms with Crippen LogP contribution >= 0.6 is 0 Å². The summed E-state index contributed by atoms with van der Waals surface area (Å²) in [4.78, 5) is 37.1. The number of nitrogens with zero attached hydrogens (tertiary/aromatic N) is 1. The van der Waals surface area contributed by atoms with Gasteiger partial charge in [-0.15, -0.1) is 0 Å². The van der Waals surface area contributed by atoms with Crippen molar-refractivity contribution >= 4 is 17.9 Å². The predicted octanol–water partition coefficient (Wildman–Crippen LogP) is 13.2. The molecule has 9 nitrogen and oxygen atoms in total. The highest BCUT2D eigenvalue weighted by Gasteiger charge is 2.21. The predicted molar refractivity (Wildman–Crippen MR) is 265 cm³/mol. The molecule has 64 heavy (non-hydrogen) atoms. The van der Waals surface area contributed by atoms with Gasteiger partial charge in [0.1, 0.15) is 13.2 Å². The minimum atomic E-state index is -1.63. The molecule has 2 atom stereocenters. The molecule has 0 amide bonds. The first kappa shape index (κ1) is 61.0. The second-order valence-electron chi connectivity index (χ2n) is 18.4. The number of carbonyl (C=O) groups excluding carboxylic acids is 3. The van der Waals surface area contributed by atoms with E-state index in [0.717, 1.165) is 70.6 Å². The molecule has 0 fully saturated rings. The number of esters is 2. The van der Waals surface area contributed by atoms with Crippen molar-refractivity contribution in [2.24, 2.45) is 0 Å². The lowest BCUT2D eigenvalue weighted by molar-refractivity contribution is -0.870. The molecule has 0 N–H and O–H groups in total. The molecule has 0 rings (SSSR count). The van der Waals surface area contributed by atoms with Crippen molar-refractivity contribution in [3.05, 3.63) is 60.8 Å². The molecule has 0 aliphatic heterocycles. The molecular formula is C55H97NO8. The van der Waals surface area contributed by atoms with E-state index in [1.165, 1.54) is 109 Å². The van der Waals surface area contributed by atoms with Crippen molar-refractivity contribution in [3.8, 4) is 0 Å². The summed E-state index contributed by atoms with van der Waals surface area (Å²) in [5, 5.41) is 11.7. The minimum absolute atomic E-state index is 0.140. The van der Waals surface area contributed by atoms with E-state index >= 15 is 0 Å². The molecule has 370 valence electrons. The van der Waals surface area contributed by atoms with Crippen LogP contribution in [0.5, 0.6) is 0 Å². The van der Waals surface area contributed by atoms with Gasteiger partial charge in [0.15, 0.2) is 12.4 Å². The van der Waals surface area contributed by atoms with Gasteiger partial charge in [-0.1, -0.05) is 203 Å². The van der Waals surface area contributed by atoms with Crippen LogP contribution in [0.2, 0.25) is 0 Å². The van der Waals surface area contributed by atoms with E-state index in [-0.39, 0.29) is 38.6 Å². The number of hydrogen-bond donors (Lipinski definition) is 0. The molecule has 0 radical (unpaired) electrons. The maximum atomic E-state index is 12.8. The van der Waals surface area contributed by atoms with E-state index in [1.54, 1.807) is 0 Å². The van der Waals surface area contributed by atoms with Crippen molar-refractivity contribution in [1.82, 2.24) is 0 Å². The summed E-state index contributed by atoms with van der Waals surface area (Å²) in [6.45, 7) is 4.60. The number of ether oxygens (including phenoxy) is 4. The van der Waals surface area contributed by atoms with Gasteiger partial charge in [0.25, 0.3) is 0 Å². The second kappa shape index (κ2) is 46.5. The number of rotatable bonds is 47. The van der Waals surface area contributed by atoms with Crippen molar-refractivity contribution in [3.63, 3.8) is 0 Å². The van der Waals surface area contributed by atoms with Gasteiger partial charge >= 0.3 is 11.9 Å². The van der Waals surface area contributed by atoms with Gasteiger partial charge in [0, 0.05) is 12.8 Å². The Morgan fingerprint density at radius 3 is 1.33 bits per heavy atom. The lowest BCUT2D eigenvalue weighted by atomic mass is 10.0. The Balaban J connectivity index is 4.38. The summed E-state index contributed by atoms with van der Waals surface area (Å²) in [6.07, 6.45) is 54.0. The van der Waals surface area contributed by atoms with E-state index in [0.29, 0.717) is 17.4 Å². The van der Waals surface area contributed by atoms with Crippen molar-refractivity contribution in [2.75, 3.05) is 47.5 Å². The summed E-state index contributed by atoms with van der Waals surface area (Å²) in [5.41, 5.74) is 0. The van der Waals surface area contributed by atoms with Crippen LogP contribution in [0.3, 0.4) is 0 Å². The molecule has 0 spiro atoms. The number of allylic oxidation sites excluding steroid dienone is 10. The third-order valence-electron chi connectivity index (χ3n) is 11.0. The smallest absolute Gasteiger partial charge is 0.306 e. The Morgan fingerprint density at radius 1 is 0.484 bits per heavy atom. The maximum absolute atomic E-state index is 12.8. The van der Waals surface area contributed by atoms with Gasteiger partial charge < -0.3 is 33.3 Å². The van der Waals surface area contributed by atoms with Gasteiger partial charge in [-0.2, -0.15) is 0 Å². The first-order valence-electron chi connectivity index (χ1n) is 25.9. The summed E-state index contributed by atoms with van der Waals surface area (Å²) < 4.78 is 22.6. The lowest BCUT2D eigenvalue weighted by Gasteiger charge is -2.26. The number of hydrogen-bond acceptors (Lipinski definition) is 8. The molecule has 0 aliphatic carbocycles. The largest absolute Gasteiger partial charge is 0.545 e. The standard InChI is InChI=1S/C55H97NO8/c1-6-8-10-12-14-16-18-20-22-24-26-28-29-31-33-35-37-39-41-43-45-52(57)62-49-51(50-63-55(54(59)60)61-48-47-56(3,4)5)64-53(58)46-44-42-40-38-36-34-32-30-27-25-23-21-19-17-15-13-11-9-7-2/h9,11,15,17,21,23,27,30,34,36,51,55H,6-8,10,12-14,16,18-20,22,24-26,28-29,31-33,35,37-50H2,1-5H3/b11-9-,17-15-,23-21-,30-27-,36-34-. The third kappa shape index (κ3) is 47.0. The average Bonchev–Trinajstić information content (AvgIpc) is 3.26. The molecule has 0 aliphatic rings. The first-order chi connectivity index (χ1) is 31.1. The molecule has 0 bridgehead atoms. The highest BCUT2D eigenvalue weighted by Crippen LogP contribution is 2.16. The zero-order chi connectivity index (χ0) is 47.0. The number of carbonyl (C=O) groups is 3. The Hall–Kier alpha value is -3.01. The first-order valence-corrected chi connectivity index (χ1v) is 25.9. The molecular weight excluding hydrogens is 803 g/mol. The highest BCUT2D eigenvalue weighted by molar-refractivity contribution is 5.70. The normalized spacial score (nSPS) is 13.3. The van der Waals surface area contributed by atoms with Crippen molar-refractivity contribution < 1.29 is 42.9 Å². The molecule has 9 heteroatoms. The van der Waals surface area contributed by atoms with Crippen LogP contribution < -0.4 is 5.11 Å². The molecule has 0 heterocycles. The van der Waals surface area contributed by atoms with Gasteiger partial charge in [-0.05, 0) is 57.8 Å². The Labute approximate surface area is 393 Å². The molecule has 0 saturated carbocycles. The summed E-state index contributed by atoms with van der Waals surface area (Å²) >= 11 is 0. The van der Waals surface area contributed by atoms with Crippen LogP contribution in [0.4, 0.5) is 0 Å². The zero-order valence-electron chi connectivity index (χ0n) is 41.9. The Kier molecular flexibility index (Phi) is 44.3. The van der Waals surface area contributed by atoms with Crippen LogP contribution in [0.15, 0.2) is 60.8 Å². The number of carboxylic acids is 1. The van der Waals surface area contributed by atoms with Gasteiger partial charge in [0.05, 0.1) is 40.3 Å². The van der Waals surface area contributed by atoms with Gasteiger partial charge in [0.2, 0.25) is 0 Å². The summed E-state index contributed by atoms with van der Waals surface area (Å²) in [7, 11) is 5.90. The van der Waals surface area contributed by atoms with E-state index in [9.17, 15) is 19.5 Å². The summed E-state index contributed by atoms with van der Waals surface area (Å²) in [5.74, 6) is -2.32. The second-order valence-corrected chi connectivity index (χ2v) is 18.4. The van der Waals surface area contributed by atoms with E-state index in [2.05, 4.69) is 74.6 Å². The average molecular weight is 900 g/mol. The number of quaternary nitrogens is 1. The van der Waals surface area contributed by atoms with E-state index in [4.69, 9.17) is 18.9 Å². The quantitative estimate of drug-likeness (QED) is 0.0195. The van der Waals surface area contributed by atoms with Crippen LogP contribution in [-0.2, 0) is 33.3 Å². The van der Waals surface area contributed by atoms with E-state index in [1.807, 2.05) is 21.1 Å². The SMILES string of the molecule is CC/C=C\C/C=C\C/C=C\C/C=C\C/C=C\CCCCCC(=O)OC(COC(=O)CCCCCCCCCCCCCCCCCCCCCC)COC(OCC[N+](C)(C)C)C(=O)[O-]. The van der Waals surface area contributed by atoms with E-state index < -0.39 is 24.3 Å². The minimum Gasteiger partial charge on any atom is -0.545 e. The fraction of sp³-hybridized carbons (Fsp3) is 0.764.